The van der Waals surface area contributed by atoms with Gasteiger partial charge in [-0.3, -0.25) is 4.57 Å². The molecule has 1 aromatic carbocycles. The molecule has 0 fully saturated rings. The van der Waals surface area contributed by atoms with Crippen molar-refractivity contribution in [2.75, 3.05) is 6.61 Å². The Bertz CT molecular complexity index is 1130. The predicted molar refractivity (Wildman–Crippen MR) is 117 cm³/mol. The molecule has 0 atom stereocenters. The van der Waals surface area contributed by atoms with E-state index in [1.165, 1.54) is 16.7 Å². The Kier molecular flexibility index (Phi) is 5.45. The molecule has 148 valence electrons. The number of ether oxygens (including phenoxy) is 1. The first-order valence-electron chi connectivity index (χ1n) is 9.68. The summed E-state index contributed by atoms with van der Waals surface area (Å²) in [5.74, 6) is 1.82. The van der Waals surface area contributed by atoms with Crippen LogP contribution in [0.1, 0.15) is 34.3 Å². The van der Waals surface area contributed by atoms with Gasteiger partial charge in [-0.2, -0.15) is 0 Å². The first-order chi connectivity index (χ1) is 14.0. The minimum absolute atomic E-state index is 0.683. The number of hydrogen-bond acceptors (Lipinski definition) is 5. The van der Waals surface area contributed by atoms with Gasteiger partial charge in [0.25, 0.3) is 0 Å². The van der Waals surface area contributed by atoms with Gasteiger partial charge in [-0.05, 0) is 62.6 Å². The van der Waals surface area contributed by atoms with Crippen molar-refractivity contribution < 1.29 is 4.74 Å². The first-order valence-corrected chi connectivity index (χ1v) is 10.6. The Morgan fingerprint density at radius 2 is 1.93 bits per heavy atom. The van der Waals surface area contributed by atoms with E-state index < -0.39 is 0 Å². The van der Waals surface area contributed by atoms with Crippen LogP contribution in [0.5, 0.6) is 5.75 Å². The molecule has 0 aliphatic heterocycles. The van der Waals surface area contributed by atoms with Crippen LogP contribution in [0, 0.1) is 20.8 Å². The fourth-order valence-electron chi connectivity index (χ4n) is 3.28. The van der Waals surface area contributed by atoms with Crippen molar-refractivity contribution in [2.45, 2.75) is 34.1 Å². The van der Waals surface area contributed by atoms with Crippen LogP contribution < -0.4 is 4.74 Å². The van der Waals surface area contributed by atoms with Gasteiger partial charge in [0.05, 0.1) is 23.0 Å². The van der Waals surface area contributed by atoms with Crippen molar-refractivity contribution >= 4 is 11.3 Å². The van der Waals surface area contributed by atoms with Crippen molar-refractivity contribution in [1.29, 1.82) is 0 Å². The Balaban J connectivity index is 1.52. The molecule has 0 aliphatic rings. The lowest BCUT2D eigenvalue weighted by atomic mass is 10.0. The van der Waals surface area contributed by atoms with E-state index in [2.05, 4.69) is 47.4 Å². The van der Waals surface area contributed by atoms with Crippen LogP contribution in [-0.4, -0.2) is 26.1 Å². The van der Waals surface area contributed by atoms with Crippen LogP contribution in [0.2, 0.25) is 0 Å². The van der Waals surface area contributed by atoms with E-state index in [1.807, 2.05) is 36.9 Å². The third-order valence-electron chi connectivity index (χ3n) is 4.85. The quantitative estimate of drug-likeness (QED) is 0.437. The standard InChI is InChI=1S/C23H24N4OS/c1-5-28-21-9-15(2)19(8-16(21)3)10-23-26-20(13-29-23)18-6-7-22(24-11-18)27-12-17(4)25-14-27/h6-9,11-14H,5,10H2,1-4H3. The van der Waals surface area contributed by atoms with Gasteiger partial charge in [-0.25, -0.2) is 15.0 Å². The van der Waals surface area contributed by atoms with E-state index in [0.29, 0.717) is 6.61 Å². The SMILES string of the molecule is CCOc1cc(C)c(Cc2nc(-c3ccc(-n4cnc(C)c4)nc3)cs2)cc1C. The minimum Gasteiger partial charge on any atom is -0.494 e. The summed E-state index contributed by atoms with van der Waals surface area (Å²) in [6, 6.07) is 8.40. The van der Waals surface area contributed by atoms with Gasteiger partial charge in [0.15, 0.2) is 0 Å². The Labute approximate surface area is 175 Å². The third kappa shape index (κ3) is 4.22. The van der Waals surface area contributed by atoms with Gasteiger partial charge in [-0.1, -0.05) is 6.07 Å². The summed E-state index contributed by atoms with van der Waals surface area (Å²) in [5.41, 5.74) is 6.64. The Morgan fingerprint density at radius 1 is 1.07 bits per heavy atom. The highest BCUT2D eigenvalue weighted by atomic mass is 32.1. The van der Waals surface area contributed by atoms with E-state index in [0.717, 1.165) is 39.9 Å². The first kappa shape index (κ1) is 19.3. The highest BCUT2D eigenvalue weighted by Crippen LogP contribution is 2.27. The lowest BCUT2D eigenvalue weighted by Crippen LogP contribution is -1.98. The molecule has 0 saturated heterocycles. The number of aromatic nitrogens is 4. The summed E-state index contributed by atoms with van der Waals surface area (Å²) in [5, 5.41) is 3.20. The number of hydrogen-bond donors (Lipinski definition) is 0. The summed E-state index contributed by atoms with van der Waals surface area (Å²) < 4.78 is 7.62. The van der Waals surface area contributed by atoms with Crippen molar-refractivity contribution in [3.05, 3.63) is 75.8 Å². The summed E-state index contributed by atoms with van der Waals surface area (Å²) in [7, 11) is 0. The van der Waals surface area contributed by atoms with Crippen LogP contribution in [0.15, 0.2) is 48.4 Å². The maximum absolute atomic E-state index is 5.70. The molecule has 0 spiro atoms. The molecule has 0 amide bonds. The van der Waals surface area contributed by atoms with Gasteiger partial charge in [0.1, 0.15) is 17.9 Å². The maximum atomic E-state index is 5.70. The van der Waals surface area contributed by atoms with Crippen molar-refractivity contribution in [3.8, 4) is 22.8 Å². The number of thiazole rings is 1. The summed E-state index contributed by atoms with van der Waals surface area (Å²) in [4.78, 5) is 13.6. The van der Waals surface area contributed by atoms with Crippen LogP contribution >= 0.6 is 11.3 Å². The summed E-state index contributed by atoms with van der Waals surface area (Å²) in [6.07, 6.45) is 6.43. The van der Waals surface area contributed by atoms with Crippen molar-refractivity contribution in [2.24, 2.45) is 0 Å². The highest BCUT2D eigenvalue weighted by molar-refractivity contribution is 7.10. The number of pyridine rings is 1. The lowest BCUT2D eigenvalue weighted by Gasteiger charge is -2.11. The minimum atomic E-state index is 0.683. The molecule has 6 heteroatoms. The second kappa shape index (κ2) is 8.17. The van der Waals surface area contributed by atoms with Gasteiger partial charge < -0.3 is 4.74 Å². The monoisotopic (exact) mass is 404 g/mol. The van der Waals surface area contributed by atoms with Crippen LogP contribution in [-0.2, 0) is 6.42 Å². The number of rotatable bonds is 6. The molecule has 0 bridgehead atoms. The second-order valence-electron chi connectivity index (χ2n) is 7.11. The molecule has 0 unspecified atom stereocenters. The van der Waals surface area contributed by atoms with Crippen molar-refractivity contribution in [3.63, 3.8) is 0 Å². The predicted octanol–water partition coefficient (Wildman–Crippen LogP) is 5.31. The zero-order valence-electron chi connectivity index (χ0n) is 17.1. The van der Waals surface area contributed by atoms with E-state index in [9.17, 15) is 0 Å². The molecular formula is C23H24N4OS. The topological polar surface area (TPSA) is 52.8 Å². The molecule has 4 aromatic rings. The molecule has 5 nitrogen and oxygen atoms in total. The number of benzene rings is 1. The Hall–Kier alpha value is -2.99. The molecule has 4 rings (SSSR count). The molecule has 0 aliphatic carbocycles. The molecule has 0 saturated carbocycles. The summed E-state index contributed by atoms with van der Waals surface area (Å²) >= 11 is 1.69. The molecule has 29 heavy (non-hydrogen) atoms. The van der Waals surface area contributed by atoms with Gasteiger partial charge >= 0.3 is 0 Å². The average Bonchev–Trinajstić information content (AvgIpc) is 3.35. The third-order valence-corrected chi connectivity index (χ3v) is 5.70. The highest BCUT2D eigenvalue weighted by Gasteiger charge is 2.10. The van der Waals surface area contributed by atoms with Crippen LogP contribution in [0.3, 0.4) is 0 Å². The van der Waals surface area contributed by atoms with Crippen molar-refractivity contribution in [1.82, 2.24) is 19.5 Å². The van der Waals surface area contributed by atoms with Gasteiger partial charge in [0.2, 0.25) is 0 Å². The normalized spacial score (nSPS) is 11.0. The van der Waals surface area contributed by atoms with E-state index >= 15 is 0 Å². The molecule has 3 aromatic heterocycles. The zero-order valence-corrected chi connectivity index (χ0v) is 18.0. The number of nitrogens with zero attached hydrogens (tertiary/aromatic N) is 4. The largest absolute Gasteiger partial charge is 0.494 e. The molecule has 3 heterocycles. The van der Waals surface area contributed by atoms with Crippen LogP contribution in [0.25, 0.3) is 17.1 Å². The van der Waals surface area contributed by atoms with Gasteiger partial charge in [-0.15, -0.1) is 11.3 Å². The Morgan fingerprint density at radius 3 is 2.62 bits per heavy atom. The second-order valence-corrected chi connectivity index (χ2v) is 8.05. The maximum Gasteiger partial charge on any atom is 0.137 e. The molecular weight excluding hydrogens is 380 g/mol. The number of imidazole rings is 1. The smallest absolute Gasteiger partial charge is 0.137 e. The zero-order chi connectivity index (χ0) is 20.4. The number of aryl methyl sites for hydroxylation is 3. The van der Waals surface area contributed by atoms with Crippen LogP contribution in [0.4, 0.5) is 0 Å². The molecule has 0 N–H and O–H groups in total. The van der Waals surface area contributed by atoms with E-state index in [4.69, 9.17) is 9.72 Å². The lowest BCUT2D eigenvalue weighted by molar-refractivity contribution is 0.337. The van der Waals surface area contributed by atoms with Gasteiger partial charge in [0, 0.05) is 29.8 Å². The fraction of sp³-hybridized carbons (Fsp3) is 0.261. The summed E-state index contributed by atoms with van der Waals surface area (Å²) in [6.45, 7) is 8.89. The fourth-order valence-corrected chi connectivity index (χ4v) is 4.10. The van der Waals surface area contributed by atoms with E-state index in [-0.39, 0.29) is 0 Å². The van der Waals surface area contributed by atoms with E-state index in [1.54, 1.807) is 17.7 Å². The molecule has 0 radical (unpaired) electrons. The average molecular weight is 405 g/mol.